The van der Waals surface area contributed by atoms with Gasteiger partial charge in [-0.2, -0.15) is 0 Å². The largest absolute Gasteiger partial charge is 0.497 e. The number of aromatic nitrogens is 2. The Hall–Kier alpha value is -1.99. The highest BCUT2D eigenvalue weighted by atomic mass is 79.9. The number of methoxy groups -OCH3 is 2. The van der Waals surface area contributed by atoms with E-state index in [0.29, 0.717) is 22.6 Å². The average molecular weight is 407 g/mol. The Labute approximate surface area is 152 Å². The van der Waals surface area contributed by atoms with E-state index in [2.05, 4.69) is 38.3 Å². The van der Waals surface area contributed by atoms with Gasteiger partial charge in [-0.3, -0.25) is 0 Å². The minimum absolute atomic E-state index is 0.422. The molecule has 0 saturated carbocycles. The lowest BCUT2D eigenvalue weighted by molar-refractivity contribution is 0.393. The molecule has 3 aromatic rings. The normalized spacial score (nSPS) is 10.6. The number of hydrogen-bond acceptors (Lipinski definition) is 6. The zero-order valence-electron chi connectivity index (χ0n) is 13.2. The Balaban J connectivity index is 1.76. The van der Waals surface area contributed by atoms with E-state index in [1.54, 1.807) is 20.3 Å². The highest BCUT2D eigenvalue weighted by Crippen LogP contribution is 2.34. The van der Waals surface area contributed by atoms with Crippen molar-refractivity contribution >= 4 is 27.7 Å². The van der Waals surface area contributed by atoms with Crippen molar-refractivity contribution in [3.8, 4) is 23.0 Å². The molecule has 0 aliphatic rings. The number of ether oxygens (including phenoxy) is 2. The van der Waals surface area contributed by atoms with E-state index in [1.807, 2.05) is 24.3 Å². The Morgan fingerprint density at radius 2 is 1.96 bits per heavy atom. The van der Waals surface area contributed by atoms with Gasteiger partial charge in [0.2, 0.25) is 0 Å². The van der Waals surface area contributed by atoms with Crippen molar-refractivity contribution in [2.75, 3.05) is 14.2 Å². The van der Waals surface area contributed by atoms with Crippen molar-refractivity contribution in [2.45, 2.75) is 11.0 Å². The molecule has 0 spiro atoms. The van der Waals surface area contributed by atoms with E-state index in [1.165, 1.54) is 17.3 Å². The van der Waals surface area contributed by atoms with Crippen molar-refractivity contribution in [1.82, 2.24) is 10.2 Å². The van der Waals surface area contributed by atoms with Gasteiger partial charge in [0.05, 0.1) is 19.8 Å². The fraction of sp³-hybridized carbons (Fsp3) is 0.176. The maximum absolute atomic E-state index is 5.75. The number of hydrogen-bond donors (Lipinski definition) is 0. The van der Waals surface area contributed by atoms with Crippen LogP contribution in [0.4, 0.5) is 0 Å². The second kappa shape index (κ2) is 7.72. The standard InChI is InChI=1S/C17H15BrN2O3S/c1-21-13-6-7-14(15(9-13)22-2)16-19-20-17(23-16)24-10-11-4-3-5-12(18)8-11/h3-9H,10H2,1-2H3. The summed E-state index contributed by atoms with van der Waals surface area (Å²) in [6.07, 6.45) is 0. The van der Waals surface area contributed by atoms with Gasteiger partial charge in [-0.1, -0.05) is 39.8 Å². The molecule has 5 nitrogen and oxygen atoms in total. The van der Waals surface area contributed by atoms with Crippen LogP contribution in [0.5, 0.6) is 11.5 Å². The highest BCUT2D eigenvalue weighted by molar-refractivity contribution is 9.10. The van der Waals surface area contributed by atoms with E-state index < -0.39 is 0 Å². The molecule has 0 radical (unpaired) electrons. The Bertz CT molecular complexity index is 838. The van der Waals surface area contributed by atoms with Crippen LogP contribution in [0.2, 0.25) is 0 Å². The lowest BCUT2D eigenvalue weighted by atomic mass is 10.2. The predicted molar refractivity (Wildman–Crippen MR) is 96.5 cm³/mol. The molecule has 1 aromatic heterocycles. The Kier molecular flexibility index (Phi) is 5.42. The molecule has 3 rings (SSSR count). The van der Waals surface area contributed by atoms with Gasteiger partial charge in [0.15, 0.2) is 0 Å². The van der Waals surface area contributed by atoms with E-state index in [-0.39, 0.29) is 0 Å². The summed E-state index contributed by atoms with van der Waals surface area (Å²) in [7, 11) is 3.20. The summed E-state index contributed by atoms with van der Waals surface area (Å²) in [6, 6.07) is 13.6. The van der Waals surface area contributed by atoms with Gasteiger partial charge in [0.25, 0.3) is 11.1 Å². The first-order valence-electron chi connectivity index (χ1n) is 7.12. The molecular weight excluding hydrogens is 392 g/mol. The molecule has 24 heavy (non-hydrogen) atoms. The number of thioether (sulfide) groups is 1. The van der Waals surface area contributed by atoms with Crippen LogP contribution in [0.25, 0.3) is 11.5 Å². The van der Waals surface area contributed by atoms with Gasteiger partial charge < -0.3 is 13.9 Å². The monoisotopic (exact) mass is 406 g/mol. The van der Waals surface area contributed by atoms with Crippen LogP contribution in [0.3, 0.4) is 0 Å². The third-order valence-corrected chi connectivity index (χ3v) is 4.68. The summed E-state index contributed by atoms with van der Waals surface area (Å²) in [5, 5.41) is 8.73. The maximum Gasteiger partial charge on any atom is 0.277 e. The molecule has 2 aromatic carbocycles. The van der Waals surface area contributed by atoms with E-state index >= 15 is 0 Å². The third-order valence-electron chi connectivity index (χ3n) is 3.30. The first-order valence-corrected chi connectivity index (χ1v) is 8.90. The van der Waals surface area contributed by atoms with Crippen LogP contribution in [-0.2, 0) is 5.75 Å². The quantitative estimate of drug-likeness (QED) is 0.547. The first-order chi connectivity index (χ1) is 11.7. The topological polar surface area (TPSA) is 57.4 Å². The molecule has 124 valence electrons. The smallest absolute Gasteiger partial charge is 0.277 e. The van der Waals surface area contributed by atoms with Gasteiger partial charge in [-0.05, 0) is 29.8 Å². The maximum atomic E-state index is 5.75. The highest BCUT2D eigenvalue weighted by Gasteiger charge is 2.15. The number of benzene rings is 2. The molecule has 0 unspecified atom stereocenters. The average Bonchev–Trinajstić information content (AvgIpc) is 3.08. The van der Waals surface area contributed by atoms with E-state index in [0.717, 1.165) is 15.8 Å². The summed E-state index contributed by atoms with van der Waals surface area (Å²) >= 11 is 4.96. The SMILES string of the molecule is COc1ccc(-c2nnc(SCc3cccc(Br)c3)o2)c(OC)c1. The summed E-state index contributed by atoms with van der Waals surface area (Å²) in [6.45, 7) is 0. The molecular formula is C17H15BrN2O3S. The summed E-state index contributed by atoms with van der Waals surface area (Å²) < 4.78 is 17.4. The molecule has 0 aliphatic heterocycles. The minimum Gasteiger partial charge on any atom is -0.497 e. The van der Waals surface area contributed by atoms with Gasteiger partial charge in [-0.15, -0.1) is 10.2 Å². The lowest BCUT2D eigenvalue weighted by Crippen LogP contribution is -1.90. The first kappa shape index (κ1) is 16.9. The molecule has 0 saturated heterocycles. The molecule has 0 aliphatic carbocycles. The van der Waals surface area contributed by atoms with Crippen LogP contribution >= 0.6 is 27.7 Å². The molecule has 0 bridgehead atoms. The van der Waals surface area contributed by atoms with Gasteiger partial charge in [0.1, 0.15) is 11.5 Å². The van der Waals surface area contributed by atoms with Crippen molar-refractivity contribution in [2.24, 2.45) is 0 Å². The molecule has 1 heterocycles. The van der Waals surface area contributed by atoms with Crippen LogP contribution in [0.15, 0.2) is 56.6 Å². The second-order valence-electron chi connectivity index (χ2n) is 4.86. The Morgan fingerprint density at radius 3 is 2.71 bits per heavy atom. The number of rotatable bonds is 6. The summed E-state index contributed by atoms with van der Waals surface area (Å²) in [5.41, 5.74) is 1.91. The zero-order chi connectivity index (χ0) is 16.9. The van der Waals surface area contributed by atoms with Crippen LogP contribution < -0.4 is 9.47 Å². The second-order valence-corrected chi connectivity index (χ2v) is 6.70. The molecule has 7 heteroatoms. The fourth-order valence-electron chi connectivity index (χ4n) is 2.12. The molecule has 0 fully saturated rings. The van der Waals surface area contributed by atoms with Crippen molar-refractivity contribution in [3.63, 3.8) is 0 Å². The summed E-state index contributed by atoms with van der Waals surface area (Å²) in [5.74, 6) is 2.51. The fourth-order valence-corrected chi connectivity index (χ4v) is 3.28. The van der Waals surface area contributed by atoms with Gasteiger partial charge in [0, 0.05) is 16.3 Å². The zero-order valence-corrected chi connectivity index (χ0v) is 15.6. The van der Waals surface area contributed by atoms with Crippen molar-refractivity contribution < 1.29 is 13.9 Å². The Morgan fingerprint density at radius 1 is 1.08 bits per heavy atom. The van der Waals surface area contributed by atoms with E-state index in [9.17, 15) is 0 Å². The minimum atomic E-state index is 0.422. The molecule has 0 amide bonds. The van der Waals surface area contributed by atoms with Crippen molar-refractivity contribution in [1.29, 1.82) is 0 Å². The van der Waals surface area contributed by atoms with Crippen LogP contribution in [-0.4, -0.2) is 24.4 Å². The third kappa shape index (κ3) is 3.91. The number of halogens is 1. The van der Waals surface area contributed by atoms with E-state index in [4.69, 9.17) is 13.9 Å². The molecule has 0 atom stereocenters. The predicted octanol–water partition coefficient (Wildman–Crippen LogP) is 4.81. The van der Waals surface area contributed by atoms with Crippen molar-refractivity contribution in [3.05, 3.63) is 52.5 Å². The lowest BCUT2D eigenvalue weighted by Gasteiger charge is -2.07. The van der Waals surface area contributed by atoms with Crippen LogP contribution in [0, 0.1) is 0 Å². The number of nitrogens with zero attached hydrogens (tertiary/aromatic N) is 2. The van der Waals surface area contributed by atoms with Crippen LogP contribution in [0.1, 0.15) is 5.56 Å². The summed E-state index contributed by atoms with van der Waals surface area (Å²) in [4.78, 5) is 0. The van der Waals surface area contributed by atoms with Gasteiger partial charge >= 0.3 is 0 Å². The van der Waals surface area contributed by atoms with Gasteiger partial charge in [-0.25, -0.2) is 0 Å². The molecule has 0 N–H and O–H groups in total.